The average Bonchev–Trinajstić information content (AvgIpc) is 2.81. The summed E-state index contributed by atoms with van der Waals surface area (Å²) in [5, 5.41) is 12.9. The minimum Gasteiger partial charge on any atom is -0.480 e. The molecule has 0 aliphatic carbocycles. The molecule has 0 aliphatic rings. The Bertz CT molecular complexity index is 430. The first-order valence-corrected chi connectivity index (χ1v) is 6.16. The Balaban J connectivity index is 2.27. The zero-order valence-electron chi connectivity index (χ0n) is 9.88. The molecule has 98 valence electrons. The topological polar surface area (TPSA) is 86.7 Å². The third kappa shape index (κ3) is 4.54. The Hall–Kier alpha value is -1.89. The van der Waals surface area contributed by atoms with Crippen LogP contribution in [-0.2, 0) is 9.59 Å². The third-order valence-electron chi connectivity index (χ3n) is 2.17. The molecule has 0 spiro atoms. The highest BCUT2D eigenvalue weighted by Gasteiger charge is 2.12. The SMILES string of the molecule is CN(CC(=O)O)C(=O)CCNC(=O)c1cccs1. The van der Waals surface area contributed by atoms with E-state index in [0.717, 1.165) is 4.90 Å². The van der Waals surface area contributed by atoms with Crippen molar-refractivity contribution in [2.24, 2.45) is 0 Å². The normalized spacial score (nSPS) is 9.83. The predicted molar refractivity (Wildman–Crippen MR) is 66.5 cm³/mol. The van der Waals surface area contributed by atoms with E-state index in [9.17, 15) is 14.4 Å². The van der Waals surface area contributed by atoms with Crippen LogP contribution in [0.1, 0.15) is 16.1 Å². The van der Waals surface area contributed by atoms with Crippen molar-refractivity contribution in [3.63, 3.8) is 0 Å². The molecule has 0 atom stereocenters. The minimum absolute atomic E-state index is 0.0842. The summed E-state index contributed by atoms with van der Waals surface area (Å²) in [6, 6.07) is 3.46. The third-order valence-corrected chi connectivity index (χ3v) is 3.04. The molecule has 0 aromatic carbocycles. The van der Waals surface area contributed by atoms with Crippen molar-refractivity contribution in [3.05, 3.63) is 22.4 Å². The van der Waals surface area contributed by atoms with E-state index >= 15 is 0 Å². The van der Waals surface area contributed by atoms with Gasteiger partial charge in [0.2, 0.25) is 5.91 Å². The van der Waals surface area contributed by atoms with E-state index in [1.165, 1.54) is 18.4 Å². The fraction of sp³-hybridized carbons (Fsp3) is 0.364. The lowest BCUT2D eigenvalue weighted by molar-refractivity contribution is -0.143. The van der Waals surface area contributed by atoms with Crippen molar-refractivity contribution < 1.29 is 19.5 Å². The monoisotopic (exact) mass is 270 g/mol. The maximum Gasteiger partial charge on any atom is 0.323 e. The zero-order valence-corrected chi connectivity index (χ0v) is 10.7. The molecule has 6 nitrogen and oxygen atoms in total. The van der Waals surface area contributed by atoms with E-state index in [0.29, 0.717) is 4.88 Å². The molecule has 2 N–H and O–H groups in total. The lowest BCUT2D eigenvalue weighted by atomic mass is 10.3. The van der Waals surface area contributed by atoms with Gasteiger partial charge in [0.05, 0.1) is 4.88 Å². The van der Waals surface area contributed by atoms with E-state index in [4.69, 9.17) is 5.11 Å². The molecule has 1 aromatic rings. The van der Waals surface area contributed by atoms with Gasteiger partial charge in [-0.1, -0.05) is 6.07 Å². The molecule has 18 heavy (non-hydrogen) atoms. The van der Waals surface area contributed by atoms with Crippen LogP contribution in [0, 0.1) is 0 Å². The maximum absolute atomic E-state index is 11.5. The summed E-state index contributed by atoms with van der Waals surface area (Å²) in [4.78, 5) is 35.1. The van der Waals surface area contributed by atoms with Crippen molar-refractivity contribution in [2.45, 2.75) is 6.42 Å². The highest BCUT2D eigenvalue weighted by Crippen LogP contribution is 2.07. The number of carboxylic acids is 1. The van der Waals surface area contributed by atoms with E-state index in [2.05, 4.69) is 5.32 Å². The summed E-state index contributed by atoms with van der Waals surface area (Å²) in [5.74, 6) is -1.60. The molecule has 0 bridgehead atoms. The fourth-order valence-electron chi connectivity index (χ4n) is 1.26. The number of carboxylic acid groups (broad SMARTS) is 1. The lowest BCUT2D eigenvalue weighted by Gasteiger charge is -2.14. The van der Waals surface area contributed by atoms with Crippen molar-refractivity contribution in [1.29, 1.82) is 0 Å². The van der Waals surface area contributed by atoms with Gasteiger partial charge in [0.15, 0.2) is 0 Å². The number of hydrogen-bond donors (Lipinski definition) is 2. The minimum atomic E-state index is -1.06. The van der Waals surface area contributed by atoms with Gasteiger partial charge in [0.1, 0.15) is 6.54 Å². The van der Waals surface area contributed by atoms with Crippen LogP contribution in [0.15, 0.2) is 17.5 Å². The Kier molecular flexibility index (Phi) is 5.31. The zero-order chi connectivity index (χ0) is 13.5. The second-order valence-electron chi connectivity index (χ2n) is 3.63. The van der Waals surface area contributed by atoms with Gasteiger partial charge in [0, 0.05) is 20.0 Å². The van der Waals surface area contributed by atoms with Crippen LogP contribution < -0.4 is 5.32 Å². The van der Waals surface area contributed by atoms with Gasteiger partial charge in [-0.25, -0.2) is 0 Å². The van der Waals surface area contributed by atoms with Gasteiger partial charge < -0.3 is 15.3 Å². The molecule has 1 aromatic heterocycles. The van der Waals surface area contributed by atoms with Crippen molar-refractivity contribution in [2.75, 3.05) is 20.1 Å². The Morgan fingerprint density at radius 3 is 2.72 bits per heavy atom. The van der Waals surface area contributed by atoms with Crippen LogP contribution in [-0.4, -0.2) is 47.9 Å². The molecule has 0 fully saturated rings. The summed E-state index contributed by atoms with van der Waals surface area (Å²) < 4.78 is 0. The van der Waals surface area contributed by atoms with Crippen LogP contribution in [0.5, 0.6) is 0 Å². The van der Waals surface area contributed by atoms with Crippen LogP contribution in [0.3, 0.4) is 0 Å². The van der Waals surface area contributed by atoms with Crippen molar-refractivity contribution in [1.82, 2.24) is 10.2 Å². The highest BCUT2D eigenvalue weighted by atomic mass is 32.1. The molecule has 0 unspecified atom stereocenters. The first-order chi connectivity index (χ1) is 8.50. The molecule has 1 rings (SSSR count). The number of carbonyl (C=O) groups is 3. The fourth-order valence-corrected chi connectivity index (χ4v) is 1.90. The van der Waals surface area contributed by atoms with Gasteiger partial charge in [-0.2, -0.15) is 0 Å². The molecule has 0 aliphatic heterocycles. The van der Waals surface area contributed by atoms with Crippen molar-refractivity contribution in [3.8, 4) is 0 Å². The summed E-state index contributed by atoms with van der Waals surface area (Å²) >= 11 is 1.32. The Labute approximate surface area is 108 Å². The second kappa shape index (κ2) is 6.75. The van der Waals surface area contributed by atoms with E-state index < -0.39 is 5.97 Å². The standard InChI is InChI=1S/C11H14N2O4S/c1-13(7-10(15)16)9(14)4-5-12-11(17)8-3-2-6-18-8/h2-3,6H,4-5,7H2,1H3,(H,12,17)(H,15,16). The molecule has 0 saturated carbocycles. The number of nitrogens with zero attached hydrogens (tertiary/aromatic N) is 1. The van der Waals surface area contributed by atoms with Crippen LogP contribution in [0.2, 0.25) is 0 Å². The predicted octanol–water partition coefficient (Wildman–Crippen LogP) is 0.411. The van der Waals surface area contributed by atoms with Gasteiger partial charge in [-0.15, -0.1) is 11.3 Å². The number of nitrogens with one attached hydrogen (secondary N) is 1. The van der Waals surface area contributed by atoms with Gasteiger partial charge in [-0.05, 0) is 11.4 Å². The number of amides is 2. The second-order valence-corrected chi connectivity index (χ2v) is 4.57. The Morgan fingerprint density at radius 1 is 1.44 bits per heavy atom. The lowest BCUT2D eigenvalue weighted by Crippen LogP contribution is -2.34. The first kappa shape index (κ1) is 14.2. The number of hydrogen-bond acceptors (Lipinski definition) is 4. The van der Waals surface area contributed by atoms with Crippen LogP contribution in [0.25, 0.3) is 0 Å². The van der Waals surface area contributed by atoms with Crippen molar-refractivity contribution >= 4 is 29.1 Å². The van der Waals surface area contributed by atoms with Gasteiger partial charge in [0.25, 0.3) is 5.91 Å². The molecule has 0 radical (unpaired) electrons. The number of carbonyl (C=O) groups excluding carboxylic acids is 2. The molecule has 2 amide bonds. The highest BCUT2D eigenvalue weighted by molar-refractivity contribution is 7.12. The van der Waals surface area contributed by atoms with Gasteiger partial charge in [-0.3, -0.25) is 14.4 Å². The largest absolute Gasteiger partial charge is 0.480 e. The van der Waals surface area contributed by atoms with E-state index in [1.54, 1.807) is 17.5 Å². The summed E-state index contributed by atoms with van der Waals surface area (Å²) in [5.41, 5.74) is 0. The number of thiophene rings is 1. The quantitative estimate of drug-likeness (QED) is 0.784. The average molecular weight is 270 g/mol. The Morgan fingerprint density at radius 2 is 2.17 bits per heavy atom. The number of aliphatic carboxylic acids is 1. The van der Waals surface area contributed by atoms with E-state index in [-0.39, 0.29) is 31.3 Å². The smallest absolute Gasteiger partial charge is 0.323 e. The summed E-state index contributed by atoms with van der Waals surface area (Å²) in [7, 11) is 1.41. The summed E-state index contributed by atoms with van der Waals surface area (Å²) in [6.07, 6.45) is 0.0842. The molecular weight excluding hydrogens is 256 g/mol. The van der Waals surface area contributed by atoms with Crippen LogP contribution in [0.4, 0.5) is 0 Å². The molecule has 7 heteroatoms. The number of rotatable bonds is 6. The maximum atomic E-state index is 11.5. The first-order valence-electron chi connectivity index (χ1n) is 5.28. The summed E-state index contributed by atoms with van der Waals surface area (Å²) in [6.45, 7) is -0.142. The molecule has 1 heterocycles. The molecule has 0 saturated heterocycles. The molecular formula is C11H14N2O4S. The van der Waals surface area contributed by atoms with Crippen LogP contribution >= 0.6 is 11.3 Å². The number of likely N-dealkylation sites (N-methyl/N-ethyl adjacent to an activating group) is 1. The van der Waals surface area contributed by atoms with E-state index in [1.807, 2.05) is 0 Å². The van der Waals surface area contributed by atoms with Gasteiger partial charge >= 0.3 is 5.97 Å².